The van der Waals surface area contributed by atoms with Crippen molar-refractivity contribution in [2.45, 2.75) is 32.2 Å². The van der Waals surface area contributed by atoms with E-state index < -0.39 is 0 Å². The van der Waals surface area contributed by atoms with Crippen molar-refractivity contribution in [3.63, 3.8) is 0 Å². The van der Waals surface area contributed by atoms with Crippen molar-refractivity contribution in [3.05, 3.63) is 47.5 Å². The zero-order valence-electron chi connectivity index (χ0n) is 13.2. The summed E-state index contributed by atoms with van der Waals surface area (Å²) in [4.78, 5) is 12.5. The van der Waals surface area contributed by atoms with Crippen LogP contribution in [0.25, 0.3) is 5.69 Å². The van der Waals surface area contributed by atoms with Gasteiger partial charge in [-0.05, 0) is 50.1 Å². The third-order valence-corrected chi connectivity index (χ3v) is 4.15. The summed E-state index contributed by atoms with van der Waals surface area (Å²) >= 11 is 0. The third kappa shape index (κ3) is 3.42. The summed E-state index contributed by atoms with van der Waals surface area (Å²) in [5.74, 6) is -0.384. The molecule has 0 unspecified atom stereocenters. The molecule has 6 heteroatoms. The number of amides is 1. The Hall–Kier alpha value is -2.21. The molecular formula is C17H21FN4O. The number of nitrogens with one attached hydrogen (secondary N) is 2. The highest BCUT2D eigenvalue weighted by atomic mass is 19.1. The van der Waals surface area contributed by atoms with Crippen molar-refractivity contribution in [2.75, 3.05) is 13.1 Å². The second-order valence-corrected chi connectivity index (χ2v) is 5.76. The SMILES string of the molecule is CCc1c(C(=O)N[C@H]2CCCNC2)cnn1-c1ccc(F)cc1. The van der Waals surface area contributed by atoms with Gasteiger partial charge in [-0.1, -0.05) is 6.92 Å². The van der Waals surface area contributed by atoms with Crippen LogP contribution < -0.4 is 10.6 Å². The van der Waals surface area contributed by atoms with Crippen molar-refractivity contribution < 1.29 is 9.18 Å². The molecule has 122 valence electrons. The first-order chi connectivity index (χ1) is 11.2. The highest BCUT2D eigenvalue weighted by Gasteiger charge is 2.21. The van der Waals surface area contributed by atoms with Crippen LogP contribution in [0.15, 0.2) is 30.5 Å². The van der Waals surface area contributed by atoms with Crippen LogP contribution in [0.5, 0.6) is 0 Å². The van der Waals surface area contributed by atoms with Crippen molar-refractivity contribution in [3.8, 4) is 5.69 Å². The summed E-state index contributed by atoms with van der Waals surface area (Å²) in [5.41, 5.74) is 2.17. The lowest BCUT2D eigenvalue weighted by Crippen LogP contribution is -2.45. The summed E-state index contributed by atoms with van der Waals surface area (Å²) in [6.07, 6.45) is 4.32. The van der Waals surface area contributed by atoms with E-state index in [1.54, 1.807) is 23.0 Å². The molecule has 1 saturated heterocycles. The lowest BCUT2D eigenvalue weighted by atomic mass is 10.1. The van der Waals surface area contributed by atoms with Gasteiger partial charge in [-0.25, -0.2) is 9.07 Å². The number of carbonyl (C=O) groups excluding carboxylic acids is 1. The Morgan fingerprint density at radius 3 is 2.87 bits per heavy atom. The van der Waals surface area contributed by atoms with Crippen LogP contribution in [0.2, 0.25) is 0 Å². The fourth-order valence-corrected chi connectivity index (χ4v) is 2.95. The van der Waals surface area contributed by atoms with Gasteiger partial charge in [0, 0.05) is 12.6 Å². The molecular weight excluding hydrogens is 295 g/mol. The Labute approximate surface area is 134 Å². The van der Waals surface area contributed by atoms with E-state index in [-0.39, 0.29) is 17.8 Å². The molecule has 0 bridgehead atoms. The van der Waals surface area contributed by atoms with Crippen LogP contribution in [0, 0.1) is 5.82 Å². The number of hydrogen-bond donors (Lipinski definition) is 2. The van der Waals surface area contributed by atoms with E-state index in [4.69, 9.17) is 0 Å². The maximum atomic E-state index is 13.1. The normalized spacial score (nSPS) is 17.9. The summed E-state index contributed by atoms with van der Waals surface area (Å²) in [5, 5.41) is 10.7. The number of aromatic nitrogens is 2. The van der Waals surface area contributed by atoms with Gasteiger partial charge in [0.1, 0.15) is 5.82 Å². The Bertz CT molecular complexity index is 674. The van der Waals surface area contributed by atoms with Crippen molar-refractivity contribution in [1.29, 1.82) is 0 Å². The van der Waals surface area contributed by atoms with Crippen LogP contribution in [0.3, 0.4) is 0 Å². The van der Waals surface area contributed by atoms with E-state index in [9.17, 15) is 9.18 Å². The van der Waals surface area contributed by atoms with Crippen LogP contribution in [0.1, 0.15) is 35.8 Å². The predicted molar refractivity (Wildman–Crippen MR) is 86.3 cm³/mol. The predicted octanol–water partition coefficient (Wildman–Crippen LogP) is 2.06. The molecule has 1 aliphatic rings. The largest absolute Gasteiger partial charge is 0.348 e. The number of nitrogens with zero attached hydrogens (tertiary/aromatic N) is 2. The van der Waals surface area contributed by atoms with Gasteiger partial charge in [-0.2, -0.15) is 5.10 Å². The molecule has 0 spiro atoms. The van der Waals surface area contributed by atoms with E-state index in [1.807, 2.05) is 6.92 Å². The molecule has 5 nitrogen and oxygen atoms in total. The molecule has 23 heavy (non-hydrogen) atoms. The van der Waals surface area contributed by atoms with E-state index in [2.05, 4.69) is 15.7 Å². The standard InChI is InChI=1S/C17H21FN4O/c1-2-16-15(17(23)21-13-4-3-9-19-10-13)11-20-22(16)14-7-5-12(18)6-8-14/h5-8,11,13,19H,2-4,9-10H2,1H3,(H,21,23)/t13-/m0/s1. The van der Waals surface area contributed by atoms with Crippen molar-refractivity contribution in [2.24, 2.45) is 0 Å². The zero-order valence-corrected chi connectivity index (χ0v) is 13.2. The van der Waals surface area contributed by atoms with Crippen molar-refractivity contribution in [1.82, 2.24) is 20.4 Å². The Balaban J connectivity index is 1.82. The number of benzene rings is 1. The fraction of sp³-hybridized carbons (Fsp3) is 0.412. The first-order valence-electron chi connectivity index (χ1n) is 8.03. The average Bonchev–Trinajstić information content (AvgIpc) is 3.00. The molecule has 1 aliphatic heterocycles. The molecule has 1 fully saturated rings. The van der Waals surface area contributed by atoms with Crippen LogP contribution in [0.4, 0.5) is 4.39 Å². The minimum Gasteiger partial charge on any atom is -0.348 e. The number of halogens is 1. The second kappa shape index (κ2) is 6.91. The Morgan fingerprint density at radius 2 is 2.22 bits per heavy atom. The summed E-state index contributed by atoms with van der Waals surface area (Å²) in [6, 6.07) is 6.27. The third-order valence-electron chi connectivity index (χ3n) is 4.15. The van der Waals surface area contributed by atoms with Gasteiger partial charge in [0.2, 0.25) is 0 Å². The van der Waals surface area contributed by atoms with Gasteiger partial charge in [-0.3, -0.25) is 4.79 Å². The van der Waals surface area contributed by atoms with E-state index in [1.165, 1.54) is 12.1 Å². The molecule has 2 N–H and O–H groups in total. The molecule has 1 amide bonds. The molecule has 0 aliphatic carbocycles. The Kier molecular flexibility index (Phi) is 4.71. The number of hydrogen-bond acceptors (Lipinski definition) is 3. The van der Waals surface area contributed by atoms with E-state index >= 15 is 0 Å². The van der Waals surface area contributed by atoms with Gasteiger partial charge < -0.3 is 10.6 Å². The molecule has 3 rings (SSSR count). The summed E-state index contributed by atoms with van der Waals surface area (Å²) in [7, 11) is 0. The lowest BCUT2D eigenvalue weighted by Gasteiger charge is -2.23. The monoisotopic (exact) mass is 316 g/mol. The number of carbonyl (C=O) groups is 1. The Morgan fingerprint density at radius 1 is 1.43 bits per heavy atom. The first kappa shape index (κ1) is 15.7. The number of rotatable bonds is 4. The van der Waals surface area contributed by atoms with Gasteiger partial charge >= 0.3 is 0 Å². The zero-order chi connectivity index (χ0) is 16.2. The van der Waals surface area contributed by atoms with E-state index in [0.717, 1.165) is 37.3 Å². The minimum atomic E-state index is -0.290. The number of piperidine rings is 1. The van der Waals surface area contributed by atoms with Gasteiger partial charge in [-0.15, -0.1) is 0 Å². The van der Waals surface area contributed by atoms with Gasteiger partial charge in [0.15, 0.2) is 0 Å². The van der Waals surface area contributed by atoms with Gasteiger partial charge in [0.05, 0.1) is 23.1 Å². The summed E-state index contributed by atoms with van der Waals surface area (Å²) < 4.78 is 14.8. The molecule has 1 atom stereocenters. The van der Waals surface area contributed by atoms with Crippen molar-refractivity contribution >= 4 is 5.91 Å². The van der Waals surface area contributed by atoms with Gasteiger partial charge in [0.25, 0.3) is 5.91 Å². The molecule has 0 saturated carbocycles. The molecule has 2 aromatic rings. The second-order valence-electron chi connectivity index (χ2n) is 5.76. The molecule has 2 heterocycles. The van der Waals surface area contributed by atoms with Crippen LogP contribution >= 0.6 is 0 Å². The minimum absolute atomic E-state index is 0.0936. The molecule has 0 radical (unpaired) electrons. The lowest BCUT2D eigenvalue weighted by molar-refractivity contribution is 0.0929. The molecule has 1 aromatic heterocycles. The van der Waals surface area contributed by atoms with E-state index in [0.29, 0.717) is 12.0 Å². The highest BCUT2D eigenvalue weighted by molar-refractivity contribution is 5.95. The maximum Gasteiger partial charge on any atom is 0.255 e. The highest BCUT2D eigenvalue weighted by Crippen LogP contribution is 2.17. The fourth-order valence-electron chi connectivity index (χ4n) is 2.95. The average molecular weight is 316 g/mol. The maximum absolute atomic E-state index is 13.1. The quantitative estimate of drug-likeness (QED) is 0.908. The van der Waals surface area contributed by atoms with Crippen LogP contribution in [-0.2, 0) is 6.42 Å². The summed E-state index contributed by atoms with van der Waals surface area (Å²) in [6.45, 7) is 3.80. The van der Waals surface area contributed by atoms with Crippen LogP contribution in [-0.4, -0.2) is 34.8 Å². The smallest absolute Gasteiger partial charge is 0.255 e. The molecule has 1 aromatic carbocycles. The first-order valence-corrected chi connectivity index (χ1v) is 8.03. The topological polar surface area (TPSA) is 59.0 Å².